The Balaban J connectivity index is 1.38. The summed E-state index contributed by atoms with van der Waals surface area (Å²) >= 11 is 6.04. The molecule has 1 aromatic carbocycles. The van der Waals surface area contributed by atoms with Crippen LogP contribution in [0.1, 0.15) is 42.5 Å². The van der Waals surface area contributed by atoms with Gasteiger partial charge in [-0.05, 0) is 81.8 Å². The number of benzene rings is 1. The van der Waals surface area contributed by atoms with Crippen LogP contribution in [-0.2, 0) is 0 Å². The number of nitrogens with one attached hydrogen (secondary N) is 1. The third-order valence-corrected chi connectivity index (χ3v) is 5.85. The fourth-order valence-corrected chi connectivity index (χ4v) is 4.06. The average Bonchev–Trinajstić information content (AvgIpc) is 3.20. The molecule has 2 fully saturated rings. The van der Waals surface area contributed by atoms with Gasteiger partial charge in [0.25, 0.3) is 0 Å². The van der Waals surface area contributed by atoms with Crippen molar-refractivity contribution in [3.63, 3.8) is 0 Å². The highest BCUT2D eigenvalue weighted by atomic mass is 35.5. The molecular formula is C18H25ClN2O. The first-order valence-electron chi connectivity index (χ1n) is 8.30. The van der Waals surface area contributed by atoms with E-state index in [4.69, 9.17) is 11.6 Å². The maximum absolute atomic E-state index is 10.7. The minimum absolute atomic E-state index is 0.521. The van der Waals surface area contributed by atoms with Crippen LogP contribution < -0.4 is 5.32 Å². The fourth-order valence-electron chi connectivity index (χ4n) is 3.83. The molecule has 1 aliphatic heterocycles. The summed E-state index contributed by atoms with van der Waals surface area (Å²) in [7, 11) is 2.23. The molecule has 4 heteroatoms. The Morgan fingerprint density at radius 1 is 1.41 bits per heavy atom. The first kappa shape index (κ1) is 15.8. The standard InChI is InChI=1S/C18H25ClN2O/c1-21-9-6-18(7-10-21)12-15(18)3-2-8-20-16-5-4-14(13-22)17(19)11-16/h4-5,11,13,15,20H,2-3,6-10,12H2,1H3. The van der Waals surface area contributed by atoms with Crippen molar-refractivity contribution >= 4 is 23.6 Å². The third-order valence-electron chi connectivity index (χ3n) is 5.53. The molecule has 2 aliphatic rings. The van der Waals surface area contributed by atoms with Crippen molar-refractivity contribution < 1.29 is 4.79 Å². The molecule has 3 nitrogen and oxygen atoms in total. The number of aldehydes is 1. The Kier molecular flexibility index (Phi) is 4.74. The maximum atomic E-state index is 10.7. The molecule has 1 atom stereocenters. The zero-order chi connectivity index (χ0) is 15.6. The molecule has 120 valence electrons. The van der Waals surface area contributed by atoms with Gasteiger partial charge in [0.2, 0.25) is 0 Å². The van der Waals surface area contributed by atoms with Gasteiger partial charge in [0, 0.05) is 17.8 Å². The highest BCUT2D eigenvalue weighted by molar-refractivity contribution is 6.33. The Morgan fingerprint density at radius 2 is 2.18 bits per heavy atom. The molecule has 3 rings (SSSR count). The van der Waals surface area contributed by atoms with Gasteiger partial charge in [-0.2, -0.15) is 0 Å². The molecule has 1 spiro atoms. The fraction of sp³-hybridized carbons (Fsp3) is 0.611. The van der Waals surface area contributed by atoms with Crippen molar-refractivity contribution in [2.24, 2.45) is 11.3 Å². The van der Waals surface area contributed by atoms with Crippen LogP contribution in [0.3, 0.4) is 0 Å². The number of halogens is 1. The van der Waals surface area contributed by atoms with Crippen LogP contribution in [0.15, 0.2) is 18.2 Å². The summed E-state index contributed by atoms with van der Waals surface area (Å²) in [6.45, 7) is 3.52. The molecule has 1 aromatic rings. The van der Waals surface area contributed by atoms with Gasteiger partial charge in [-0.15, -0.1) is 0 Å². The molecule has 1 unspecified atom stereocenters. The quantitative estimate of drug-likeness (QED) is 0.633. The molecule has 1 heterocycles. The Labute approximate surface area is 138 Å². The topological polar surface area (TPSA) is 32.3 Å². The molecule has 1 aliphatic carbocycles. The van der Waals surface area contributed by atoms with Gasteiger partial charge in [0.05, 0.1) is 5.02 Å². The number of carbonyl (C=O) groups excluding carboxylic acids is 1. The molecule has 1 N–H and O–H groups in total. The van der Waals surface area contributed by atoms with Crippen LogP contribution >= 0.6 is 11.6 Å². The molecule has 0 amide bonds. The summed E-state index contributed by atoms with van der Waals surface area (Å²) in [5.41, 5.74) is 2.25. The van der Waals surface area contributed by atoms with Gasteiger partial charge in [-0.1, -0.05) is 11.6 Å². The lowest BCUT2D eigenvalue weighted by molar-refractivity contribution is 0.112. The largest absolute Gasteiger partial charge is 0.385 e. The van der Waals surface area contributed by atoms with Crippen LogP contribution in [0.25, 0.3) is 0 Å². The van der Waals surface area contributed by atoms with Crippen molar-refractivity contribution in [2.75, 3.05) is 32.0 Å². The lowest BCUT2D eigenvalue weighted by Crippen LogP contribution is -2.31. The summed E-state index contributed by atoms with van der Waals surface area (Å²) in [5.74, 6) is 0.948. The van der Waals surface area contributed by atoms with Crippen molar-refractivity contribution in [1.82, 2.24) is 4.90 Å². The number of nitrogens with zero attached hydrogens (tertiary/aromatic N) is 1. The number of anilines is 1. The van der Waals surface area contributed by atoms with Gasteiger partial charge in [0.15, 0.2) is 6.29 Å². The predicted molar refractivity (Wildman–Crippen MR) is 91.8 cm³/mol. The zero-order valence-corrected chi connectivity index (χ0v) is 14.0. The lowest BCUT2D eigenvalue weighted by atomic mass is 9.90. The first-order chi connectivity index (χ1) is 10.6. The second-order valence-corrected chi connectivity index (χ2v) is 7.40. The van der Waals surface area contributed by atoms with E-state index in [0.29, 0.717) is 16.0 Å². The molecule has 0 radical (unpaired) electrons. The number of piperidine rings is 1. The summed E-state index contributed by atoms with van der Waals surface area (Å²) in [6, 6.07) is 5.53. The van der Waals surface area contributed by atoms with Gasteiger partial charge in [-0.3, -0.25) is 4.79 Å². The molecule has 1 saturated carbocycles. The van der Waals surface area contributed by atoms with Crippen LogP contribution in [0.2, 0.25) is 5.02 Å². The third kappa shape index (κ3) is 3.47. The maximum Gasteiger partial charge on any atom is 0.151 e. The van der Waals surface area contributed by atoms with E-state index in [2.05, 4.69) is 17.3 Å². The Hall–Kier alpha value is -1.06. The predicted octanol–water partition coefficient (Wildman–Crippen LogP) is 4.08. The SMILES string of the molecule is CN1CCC2(CC1)CC2CCCNc1ccc(C=O)c(Cl)c1. The summed E-state index contributed by atoms with van der Waals surface area (Å²) in [5, 5.41) is 3.93. The normalized spacial score (nSPS) is 23.5. The zero-order valence-electron chi connectivity index (χ0n) is 13.3. The molecule has 0 bridgehead atoms. The van der Waals surface area contributed by atoms with Gasteiger partial charge in [-0.25, -0.2) is 0 Å². The van der Waals surface area contributed by atoms with Gasteiger partial charge < -0.3 is 10.2 Å². The average molecular weight is 321 g/mol. The van der Waals surface area contributed by atoms with Crippen molar-refractivity contribution in [1.29, 1.82) is 0 Å². The van der Waals surface area contributed by atoms with E-state index in [1.54, 1.807) is 6.07 Å². The molecule has 0 aromatic heterocycles. The van der Waals surface area contributed by atoms with Gasteiger partial charge >= 0.3 is 0 Å². The monoisotopic (exact) mass is 320 g/mol. The van der Waals surface area contributed by atoms with Crippen LogP contribution in [-0.4, -0.2) is 37.9 Å². The van der Waals surface area contributed by atoms with E-state index in [9.17, 15) is 4.79 Å². The molecule has 1 saturated heterocycles. The highest BCUT2D eigenvalue weighted by Gasteiger charge is 2.53. The number of likely N-dealkylation sites (tertiary alicyclic amines) is 1. The Morgan fingerprint density at radius 3 is 2.86 bits per heavy atom. The number of rotatable bonds is 6. The van der Waals surface area contributed by atoms with Crippen molar-refractivity contribution in [3.05, 3.63) is 28.8 Å². The van der Waals surface area contributed by atoms with Crippen LogP contribution in [0.5, 0.6) is 0 Å². The van der Waals surface area contributed by atoms with E-state index < -0.39 is 0 Å². The smallest absolute Gasteiger partial charge is 0.151 e. The number of carbonyl (C=O) groups is 1. The van der Waals surface area contributed by atoms with Gasteiger partial charge in [0.1, 0.15) is 0 Å². The van der Waals surface area contributed by atoms with E-state index in [1.807, 2.05) is 12.1 Å². The minimum Gasteiger partial charge on any atom is -0.385 e. The Bertz CT molecular complexity index is 538. The van der Waals surface area contributed by atoms with Crippen LogP contribution in [0, 0.1) is 11.3 Å². The molecular weight excluding hydrogens is 296 g/mol. The number of hydrogen-bond donors (Lipinski definition) is 1. The second-order valence-electron chi connectivity index (χ2n) is 6.99. The first-order valence-corrected chi connectivity index (χ1v) is 8.68. The van der Waals surface area contributed by atoms with E-state index in [1.165, 1.54) is 45.2 Å². The second kappa shape index (κ2) is 6.59. The van der Waals surface area contributed by atoms with Crippen molar-refractivity contribution in [2.45, 2.75) is 32.1 Å². The van der Waals surface area contributed by atoms with Crippen molar-refractivity contribution in [3.8, 4) is 0 Å². The van der Waals surface area contributed by atoms with E-state index in [-0.39, 0.29) is 0 Å². The molecule has 22 heavy (non-hydrogen) atoms. The number of hydrogen-bond acceptors (Lipinski definition) is 3. The summed E-state index contributed by atoms with van der Waals surface area (Å²) < 4.78 is 0. The summed E-state index contributed by atoms with van der Waals surface area (Å²) in [4.78, 5) is 13.2. The minimum atomic E-state index is 0.521. The van der Waals surface area contributed by atoms with Crippen LogP contribution in [0.4, 0.5) is 5.69 Å². The lowest BCUT2D eigenvalue weighted by Gasteiger charge is -2.30. The highest BCUT2D eigenvalue weighted by Crippen LogP contribution is 2.61. The summed E-state index contributed by atoms with van der Waals surface area (Å²) in [6.07, 6.45) is 7.56. The van der Waals surface area contributed by atoms with E-state index in [0.717, 1.165) is 24.4 Å². The van der Waals surface area contributed by atoms with E-state index >= 15 is 0 Å².